The highest BCUT2D eigenvalue weighted by molar-refractivity contribution is 7.25. The van der Waals surface area contributed by atoms with Crippen LogP contribution in [0.2, 0.25) is 0 Å². The van der Waals surface area contributed by atoms with E-state index >= 15 is 0 Å². The van der Waals surface area contributed by atoms with Crippen LogP contribution < -0.4 is 0 Å². The van der Waals surface area contributed by atoms with Crippen molar-refractivity contribution < 1.29 is 8.83 Å². The fourth-order valence-electron chi connectivity index (χ4n) is 12.2. The van der Waals surface area contributed by atoms with Crippen LogP contribution in [0.25, 0.3) is 132 Å². The number of hydrogen-bond donors (Lipinski definition) is 0. The average Bonchev–Trinajstić information content (AvgIpc) is 4.37. The standard InChI is InChI=1S/C70H41N3O2S/c1-3-15-47(16-4-1)70(48-17-5-2-6-18-48)57-24-10-7-19-49(57)50-36-33-45(40-58(50)70)43-31-29-42(30-32-43)44-35-38-60-56(39-44)66-55(23-14-27-62(66)75-60)69-72-67(46-34-37-52-51-20-9-12-28-63(51)76-64(52)41-46)71-68(73-69)54-22-13-26-61-65(54)53-21-8-11-25-59(53)74-61/h1-41H. The number of rotatable bonds is 7. The van der Waals surface area contributed by atoms with Crippen molar-refractivity contribution in [3.63, 3.8) is 0 Å². The van der Waals surface area contributed by atoms with E-state index in [0.717, 1.165) is 77.3 Å². The summed E-state index contributed by atoms with van der Waals surface area (Å²) >= 11 is 1.78. The number of thiophene rings is 1. The molecular formula is C70H41N3O2S. The molecule has 4 aromatic heterocycles. The molecule has 0 atom stereocenters. The number of hydrogen-bond acceptors (Lipinski definition) is 6. The van der Waals surface area contributed by atoms with Crippen molar-refractivity contribution in [1.82, 2.24) is 15.0 Å². The van der Waals surface area contributed by atoms with E-state index in [-0.39, 0.29) is 0 Å². The summed E-state index contributed by atoms with van der Waals surface area (Å²) in [5, 5.41) is 6.39. The van der Waals surface area contributed by atoms with Gasteiger partial charge in [-0.2, -0.15) is 0 Å². The molecule has 0 saturated heterocycles. The summed E-state index contributed by atoms with van der Waals surface area (Å²) in [6.07, 6.45) is 0. The number of furan rings is 2. The zero-order valence-corrected chi connectivity index (χ0v) is 41.6. The predicted octanol–water partition coefficient (Wildman–Crippen LogP) is 18.7. The lowest BCUT2D eigenvalue weighted by Gasteiger charge is -2.34. The van der Waals surface area contributed by atoms with Crippen LogP contribution in [0.5, 0.6) is 0 Å². The molecule has 0 bridgehead atoms. The molecule has 6 heteroatoms. The lowest BCUT2D eigenvalue weighted by atomic mass is 9.67. The fraction of sp³-hybridized carbons (Fsp3) is 0.0143. The number of nitrogens with zero attached hydrogens (tertiary/aromatic N) is 3. The van der Waals surface area contributed by atoms with Crippen LogP contribution in [0.3, 0.4) is 0 Å². The van der Waals surface area contributed by atoms with Gasteiger partial charge in [-0.1, -0.05) is 200 Å². The van der Waals surface area contributed by atoms with Gasteiger partial charge in [0.1, 0.15) is 22.3 Å². The van der Waals surface area contributed by atoms with Crippen LogP contribution in [0, 0.1) is 0 Å². The summed E-state index contributed by atoms with van der Waals surface area (Å²) in [5.74, 6) is 1.72. The van der Waals surface area contributed by atoms with Crippen LogP contribution in [-0.2, 0) is 5.41 Å². The molecule has 1 aliphatic carbocycles. The molecule has 0 radical (unpaired) electrons. The largest absolute Gasteiger partial charge is 0.456 e. The van der Waals surface area contributed by atoms with Crippen LogP contribution >= 0.6 is 11.3 Å². The highest BCUT2D eigenvalue weighted by atomic mass is 32.1. The monoisotopic (exact) mass is 987 g/mol. The van der Waals surface area contributed by atoms with Crippen molar-refractivity contribution in [3.8, 4) is 67.5 Å². The van der Waals surface area contributed by atoms with Gasteiger partial charge in [-0.3, -0.25) is 0 Å². The summed E-state index contributed by atoms with van der Waals surface area (Å²) < 4.78 is 15.4. The van der Waals surface area contributed by atoms with Gasteiger partial charge in [0, 0.05) is 58.4 Å². The van der Waals surface area contributed by atoms with Gasteiger partial charge in [0.15, 0.2) is 17.5 Å². The molecule has 0 amide bonds. The lowest BCUT2D eigenvalue weighted by molar-refractivity contribution is 0.668. The van der Waals surface area contributed by atoms with E-state index in [1.165, 1.54) is 59.1 Å². The minimum atomic E-state index is -0.465. The van der Waals surface area contributed by atoms with Crippen molar-refractivity contribution in [3.05, 3.63) is 271 Å². The minimum absolute atomic E-state index is 0.465. The number of fused-ring (bicyclic) bond motifs is 12. The quantitative estimate of drug-likeness (QED) is 0.159. The third-order valence-electron chi connectivity index (χ3n) is 15.7. The Labute approximate surface area is 440 Å². The zero-order valence-electron chi connectivity index (χ0n) is 40.7. The van der Waals surface area contributed by atoms with Gasteiger partial charge >= 0.3 is 0 Å². The van der Waals surface area contributed by atoms with E-state index in [0.29, 0.717) is 17.5 Å². The predicted molar refractivity (Wildman–Crippen MR) is 312 cm³/mol. The molecule has 0 saturated carbocycles. The first-order chi connectivity index (χ1) is 37.6. The second kappa shape index (κ2) is 16.6. The smallest absolute Gasteiger partial charge is 0.164 e. The van der Waals surface area contributed by atoms with Gasteiger partial charge in [0.2, 0.25) is 0 Å². The lowest BCUT2D eigenvalue weighted by Crippen LogP contribution is -2.28. The van der Waals surface area contributed by atoms with E-state index in [9.17, 15) is 0 Å². The van der Waals surface area contributed by atoms with Crippen molar-refractivity contribution in [2.75, 3.05) is 0 Å². The Morgan fingerprint density at radius 2 is 0.789 bits per heavy atom. The molecule has 354 valence electrons. The van der Waals surface area contributed by atoms with Crippen molar-refractivity contribution >= 4 is 75.4 Å². The molecule has 16 rings (SSSR count). The summed E-state index contributed by atoms with van der Waals surface area (Å²) in [6.45, 7) is 0. The second-order valence-electron chi connectivity index (χ2n) is 19.7. The molecule has 11 aromatic carbocycles. The zero-order chi connectivity index (χ0) is 49.9. The Morgan fingerprint density at radius 3 is 1.51 bits per heavy atom. The van der Waals surface area contributed by atoms with Gasteiger partial charge in [-0.25, -0.2) is 15.0 Å². The highest BCUT2D eigenvalue weighted by Gasteiger charge is 2.46. The topological polar surface area (TPSA) is 65.0 Å². The van der Waals surface area contributed by atoms with Crippen LogP contribution in [-0.4, -0.2) is 15.0 Å². The molecular weight excluding hydrogens is 947 g/mol. The Bertz CT molecular complexity index is 4780. The number of aromatic nitrogens is 3. The van der Waals surface area contributed by atoms with Crippen LogP contribution in [0.15, 0.2) is 258 Å². The molecule has 0 spiro atoms. The minimum Gasteiger partial charge on any atom is -0.456 e. The van der Waals surface area contributed by atoms with Crippen LogP contribution in [0.1, 0.15) is 22.3 Å². The number of para-hydroxylation sites is 1. The Morgan fingerprint density at radius 1 is 0.289 bits per heavy atom. The molecule has 1 aliphatic rings. The molecule has 4 heterocycles. The van der Waals surface area contributed by atoms with Crippen molar-refractivity contribution in [2.45, 2.75) is 5.41 Å². The van der Waals surface area contributed by atoms with E-state index in [1.54, 1.807) is 11.3 Å². The summed E-state index contributed by atoms with van der Waals surface area (Å²) in [6, 6.07) is 88.9. The van der Waals surface area contributed by atoms with Gasteiger partial charge < -0.3 is 8.83 Å². The highest BCUT2D eigenvalue weighted by Crippen LogP contribution is 2.57. The van der Waals surface area contributed by atoms with Crippen molar-refractivity contribution in [1.29, 1.82) is 0 Å². The molecule has 5 nitrogen and oxygen atoms in total. The van der Waals surface area contributed by atoms with Crippen LogP contribution in [0.4, 0.5) is 0 Å². The Hall–Kier alpha value is -9.75. The van der Waals surface area contributed by atoms with Gasteiger partial charge in [-0.05, 0) is 104 Å². The first-order valence-electron chi connectivity index (χ1n) is 25.6. The fourth-order valence-corrected chi connectivity index (χ4v) is 13.4. The Balaban J connectivity index is 0.822. The maximum Gasteiger partial charge on any atom is 0.164 e. The third kappa shape index (κ3) is 6.41. The van der Waals surface area contributed by atoms with E-state index in [2.05, 4.69) is 206 Å². The molecule has 0 fully saturated rings. The summed E-state index contributed by atoms with van der Waals surface area (Å²) in [7, 11) is 0. The van der Waals surface area contributed by atoms with E-state index in [4.69, 9.17) is 23.8 Å². The molecule has 15 aromatic rings. The first kappa shape index (κ1) is 42.7. The summed E-state index contributed by atoms with van der Waals surface area (Å²) in [4.78, 5) is 16.0. The molecule has 0 aliphatic heterocycles. The van der Waals surface area contributed by atoms with Gasteiger partial charge in [-0.15, -0.1) is 11.3 Å². The van der Waals surface area contributed by atoms with E-state index < -0.39 is 5.41 Å². The normalized spacial score (nSPS) is 12.8. The molecule has 76 heavy (non-hydrogen) atoms. The first-order valence-corrected chi connectivity index (χ1v) is 26.5. The average molecular weight is 988 g/mol. The third-order valence-corrected chi connectivity index (χ3v) is 16.8. The second-order valence-corrected chi connectivity index (χ2v) is 20.8. The molecule has 0 unspecified atom stereocenters. The summed E-state index contributed by atoms with van der Waals surface area (Å²) in [5.41, 5.74) is 17.5. The van der Waals surface area contributed by atoms with Gasteiger partial charge in [0.25, 0.3) is 0 Å². The Kier molecular flexibility index (Phi) is 9.35. The van der Waals surface area contributed by atoms with Gasteiger partial charge in [0.05, 0.1) is 5.41 Å². The maximum atomic E-state index is 6.64. The SMILES string of the molecule is c1ccc(C2(c3ccccc3)c3ccccc3-c3ccc(-c4ccc(-c5ccc6oc7cccc(-c8nc(-c9ccc%10c(c9)sc9ccccc9%10)nc(-c9cccc%10oc%11ccccc%11c9%10)n8)c7c6c5)cc4)cc32)cc1. The van der Waals surface area contributed by atoms with E-state index in [1.807, 2.05) is 42.5 Å². The number of benzene rings is 11. The molecule has 0 N–H and O–H groups in total. The van der Waals surface area contributed by atoms with Crippen molar-refractivity contribution in [2.24, 2.45) is 0 Å². The maximum absolute atomic E-state index is 6.64.